The number of carboxylic acids is 1. The molecule has 0 radical (unpaired) electrons. The number of para-hydroxylation sites is 2. The summed E-state index contributed by atoms with van der Waals surface area (Å²) in [6.07, 6.45) is 3.07. The van der Waals surface area contributed by atoms with Crippen LogP contribution in [0.3, 0.4) is 0 Å². The summed E-state index contributed by atoms with van der Waals surface area (Å²) in [5.74, 6) is -1.53. The molecule has 1 atom stereocenters. The molecule has 0 aliphatic rings. The van der Waals surface area contributed by atoms with Crippen LogP contribution in [0.5, 0.6) is 11.5 Å². The molecule has 1 aromatic heterocycles. The fraction of sp³-hybridized carbons (Fsp3) is 0.143. The van der Waals surface area contributed by atoms with Crippen LogP contribution < -0.4 is 4.74 Å². The van der Waals surface area contributed by atoms with Crippen LogP contribution in [0.2, 0.25) is 0 Å². The molecular formula is C14H13NO4. The van der Waals surface area contributed by atoms with Gasteiger partial charge in [-0.1, -0.05) is 12.1 Å². The lowest BCUT2D eigenvalue weighted by molar-refractivity contribution is -0.139. The first-order chi connectivity index (χ1) is 9.18. The summed E-state index contributed by atoms with van der Waals surface area (Å²) in [6, 6.07) is 9.70. The molecular weight excluding hydrogens is 246 g/mol. The number of rotatable bonds is 5. The number of hydrogen-bond acceptors (Lipinski definition) is 4. The number of hydrogen-bond donors (Lipinski definition) is 2. The van der Waals surface area contributed by atoms with Gasteiger partial charge >= 0.3 is 5.97 Å². The smallest absolute Gasteiger partial charge is 0.314 e. The molecule has 2 aromatic rings. The van der Waals surface area contributed by atoms with Crippen molar-refractivity contribution < 1.29 is 19.7 Å². The Bertz CT molecular complexity index is 556. The quantitative estimate of drug-likeness (QED) is 0.858. The number of aliphatic carboxylic acids is 1. The Labute approximate surface area is 110 Å². The van der Waals surface area contributed by atoms with E-state index in [1.807, 2.05) is 0 Å². The Morgan fingerprint density at radius 1 is 1.21 bits per heavy atom. The number of phenolic OH excluding ortho intramolecular Hbond substituents is 1. The molecule has 19 heavy (non-hydrogen) atoms. The van der Waals surface area contributed by atoms with Gasteiger partial charge in [-0.2, -0.15) is 0 Å². The molecule has 0 fully saturated rings. The van der Waals surface area contributed by atoms with E-state index in [4.69, 9.17) is 4.74 Å². The number of aromatic nitrogens is 1. The molecule has 5 heteroatoms. The number of aromatic hydroxyl groups is 1. The van der Waals surface area contributed by atoms with E-state index in [1.165, 1.54) is 18.5 Å². The number of carbonyl (C=O) groups is 1. The third-order valence-electron chi connectivity index (χ3n) is 2.68. The summed E-state index contributed by atoms with van der Waals surface area (Å²) in [5, 5.41) is 18.8. The van der Waals surface area contributed by atoms with Gasteiger partial charge in [0.25, 0.3) is 0 Å². The highest BCUT2D eigenvalue weighted by molar-refractivity contribution is 5.76. The fourth-order valence-corrected chi connectivity index (χ4v) is 1.66. The highest BCUT2D eigenvalue weighted by atomic mass is 16.5. The molecule has 98 valence electrons. The van der Waals surface area contributed by atoms with Gasteiger partial charge in [-0.25, -0.2) is 0 Å². The van der Waals surface area contributed by atoms with Crippen molar-refractivity contribution >= 4 is 5.97 Å². The highest BCUT2D eigenvalue weighted by Crippen LogP contribution is 2.26. The van der Waals surface area contributed by atoms with Crippen LogP contribution in [0.25, 0.3) is 0 Å². The average Bonchev–Trinajstić information content (AvgIpc) is 2.42. The molecule has 0 saturated carbocycles. The molecule has 2 N–H and O–H groups in total. The van der Waals surface area contributed by atoms with E-state index >= 15 is 0 Å². The zero-order chi connectivity index (χ0) is 13.7. The van der Waals surface area contributed by atoms with Crippen molar-refractivity contribution in [2.24, 2.45) is 0 Å². The van der Waals surface area contributed by atoms with Crippen molar-refractivity contribution in [3.05, 3.63) is 54.4 Å². The first kappa shape index (κ1) is 12.9. The van der Waals surface area contributed by atoms with Crippen molar-refractivity contribution in [3.63, 3.8) is 0 Å². The summed E-state index contributed by atoms with van der Waals surface area (Å²) >= 11 is 0. The highest BCUT2D eigenvalue weighted by Gasteiger charge is 2.21. The number of benzene rings is 1. The van der Waals surface area contributed by atoms with Crippen LogP contribution in [-0.2, 0) is 4.79 Å². The Morgan fingerprint density at radius 3 is 2.53 bits per heavy atom. The summed E-state index contributed by atoms with van der Waals surface area (Å²) in [4.78, 5) is 15.1. The first-order valence-corrected chi connectivity index (χ1v) is 5.72. The lowest BCUT2D eigenvalue weighted by Crippen LogP contribution is -2.19. The number of phenols is 1. The van der Waals surface area contributed by atoms with E-state index in [1.54, 1.807) is 30.3 Å². The SMILES string of the molecule is O=C(O)C(COc1ccccc1O)c1ccncc1. The van der Waals surface area contributed by atoms with Gasteiger partial charge in [-0.3, -0.25) is 9.78 Å². The third-order valence-corrected chi connectivity index (χ3v) is 2.68. The van der Waals surface area contributed by atoms with Crippen LogP contribution in [0.4, 0.5) is 0 Å². The summed E-state index contributed by atoms with van der Waals surface area (Å²) in [5.41, 5.74) is 0.609. The molecule has 1 heterocycles. The molecule has 1 aromatic carbocycles. The largest absolute Gasteiger partial charge is 0.504 e. The molecule has 0 aliphatic heterocycles. The van der Waals surface area contributed by atoms with Crippen LogP contribution in [0.1, 0.15) is 11.5 Å². The number of ether oxygens (including phenoxy) is 1. The van der Waals surface area contributed by atoms with Crippen molar-refractivity contribution in [2.45, 2.75) is 5.92 Å². The van der Waals surface area contributed by atoms with E-state index in [-0.39, 0.29) is 18.1 Å². The van der Waals surface area contributed by atoms with Crippen molar-refractivity contribution in [1.82, 2.24) is 4.98 Å². The van der Waals surface area contributed by atoms with Gasteiger partial charge in [0, 0.05) is 12.4 Å². The summed E-state index contributed by atoms with van der Waals surface area (Å²) in [6.45, 7) is -0.0586. The van der Waals surface area contributed by atoms with E-state index in [0.29, 0.717) is 5.56 Å². The monoisotopic (exact) mass is 259 g/mol. The van der Waals surface area contributed by atoms with Gasteiger partial charge in [0.15, 0.2) is 11.5 Å². The lowest BCUT2D eigenvalue weighted by Gasteiger charge is -2.14. The maximum Gasteiger partial charge on any atom is 0.314 e. The van der Waals surface area contributed by atoms with Gasteiger partial charge in [-0.15, -0.1) is 0 Å². The fourth-order valence-electron chi connectivity index (χ4n) is 1.66. The molecule has 0 bridgehead atoms. The molecule has 0 saturated heterocycles. The molecule has 1 unspecified atom stereocenters. The van der Waals surface area contributed by atoms with Gasteiger partial charge in [0.05, 0.1) is 0 Å². The molecule has 0 amide bonds. The number of nitrogens with zero attached hydrogens (tertiary/aromatic N) is 1. The van der Waals surface area contributed by atoms with E-state index < -0.39 is 11.9 Å². The van der Waals surface area contributed by atoms with Crippen molar-refractivity contribution in [3.8, 4) is 11.5 Å². The number of pyridine rings is 1. The lowest BCUT2D eigenvalue weighted by atomic mass is 10.0. The standard InChI is InChI=1S/C14H13NO4/c16-12-3-1-2-4-13(12)19-9-11(14(17)18)10-5-7-15-8-6-10/h1-8,11,16H,9H2,(H,17,18). The van der Waals surface area contributed by atoms with Gasteiger partial charge < -0.3 is 14.9 Å². The van der Waals surface area contributed by atoms with Crippen LogP contribution >= 0.6 is 0 Å². The van der Waals surface area contributed by atoms with E-state index in [2.05, 4.69) is 4.98 Å². The Hall–Kier alpha value is -2.56. The second-order valence-corrected chi connectivity index (χ2v) is 3.95. The van der Waals surface area contributed by atoms with E-state index in [9.17, 15) is 15.0 Å². The van der Waals surface area contributed by atoms with Crippen LogP contribution in [-0.4, -0.2) is 27.8 Å². The minimum atomic E-state index is -0.985. The predicted molar refractivity (Wildman–Crippen MR) is 68.2 cm³/mol. The topological polar surface area (TPSA) is 79.7 Å². The Kier molecular flexibility index (Phi) is 3.97. The van der Waals surface area contributed by atoms with Crippen molar-refractivity contribution in [1.29, 1.82) is 0 Å². The van der Waals surface area contributed by atoms with Crippen LogP contribution in [0, 0.1) is 0 Å². The third kappa shape index (κ3) is 3.22. The Morgan fingerprint density at radius 2 is 1.89 bits per heavy atom. The molecule has 0 spiro atoms. The average molecular weight is 259 g/mol. The van der Waals surface area contributed by atoms with Gasteiger partial charge in [0.1, 0.15) is 12.5 Å². The zero-order valence-corrected chi connectivity index (χ0v) is 10.1. The second-order valence-electron chi connectivity index (χ2n) is 3.95. The normalized spacial score (nSPS) is 11.8. The summed E-state index contributed by atoms with van der Waals surface area (Å²) in [7, 11) is 0. The van der Waals surface area contributed by atoms with Gasteiger partial charge in [-0.05, 0) is 29.8 Å². The predicted octanol–water partition coefficient (Wildman–Crippen LogP) is 2.03. The number of carboxylic acid groups (broad SMARTS) is 1. The molecule has 5 nitrogen and oxygen atoms in total. The molecule has 2 rings (SSSR count). The second kappa shape index (κ2) is 5.86. The van der Waals surface area contributed by atoms with Crippen molar-refractivity contribution in [2.75, 3.05) is 6.61 Å². The van der Waals surface area contributed by atoms with Crippen LogP contribution in [0.15, 0.2) is 48.8 Å². The Balaban J connectivity index is 2.11. The maximum absolute atomic E-state index is 11.2. The zero-order valence-electron chi connectivity index (χ0n) is 10.1. The van der Waals surface area contributed by atoms with Gasteiger partial charge in [0.2, 0.25) is 0 Å². The summed E-state index contributed by atoms with van der Waals surface area (Å²) < 4.78 is 5.36. The maximum atomic E-state index is 11.2. The minimum Gasteiger partial charge on any atom is -0.504 e. The molecule has 0 aliphatic carbocycles. The minimum absolute atomic E-state index is 0.0126. The first-order valence-electron chi connectivity index (χ1n) is 5.72. The van der Waals surface area contributed by atoms with E-state index in [0.717, 1.165) is 0 Å².